The van der Waals surface area contributed by atoms with Gasteiger partial charge in [0.15, 0.2) is 0 Å². The van der Waals surface area contributed by atoms with Crippen molar-refractivity contribution in [2.75, 3.05) is 6.54 Å². The van der Waals surface area contributed by atoms with Gasteiger partial charge in [0.2, 0.25) is 0 Å². The number of likely N-dealkylation sites (N-methyl/N-ethyl adjacent to an activating group) is 1. The first-order valence-corrected chi connectivity index (χ1v) is 5.58. The Bertz CT molecular complexity index is 320. The topological polar surface area (TPSA) is 12.0 Å². The van der Waals surface area contributed by atoms with Gasteiger partial charge in [0.05, 0.1) is 6.04 Å². The minimum absolute atomic E-state index is 0.262. The lowest BCUT2D eigenvalue weighted by molar-refractivity contribution is 0.621. The van der Waals surface area contributed by atoms with Crippen LogP contribution in [0.4, 0.5) is 0 Å². The molecule has 0 aliphatic heterocycles. The van der Waals surface area contributed by atoms with Crippen LogP contribution in [-0.4, -0.2) is 6.54 Å². The summed E-state index contributed by atoms with van der Waals surface area (Å²) in [5.41, 5.74) is 2.40. The summed E-state index contributed by atoms with van der Waals surface area (Å²) < 4.78 is 1.11. The maximum absolute atomic E-state index is 4.00. The van der Waals surface area contributed by atoms with Gasteiger partial charge < -0.3 is 5.32 Å². The van der Waals surface area contributed by atoms with Crippen LogP contribution >= 0.6 is 15.9 Å². The summed E-state index contributed by atoms with van der Waals surface area (Å²) in [6.07, 6.45) is 0. The Kier molecular flexibility index (Phi) is 4.36. The molecule has 1 unspecified atom stereocenters. The van der Waals surface area contributed by atoms with Crippen LogP contribution < -0.4 is 5.32 Å². The smallest absolute Gasteiger partial charge is 0.0531 e. The lowest BCUT2D eigenvalue weighted by Gasteiger charge is -2.18. The van der Waals surface area contributed by atoms with E-state index < -0.39 is 0 Å². The Morgan fingerprint density at radius 2 is 2.29 bits per heavy atom. The number of rotatable bonds is 4. The molecule has 0 saturated carbocycles. The second kappa shape index (κ2) is 5.32. The van der Waals surface area contributed by atoms with Crippen LogP contribution in [0.1, 0.15) is 25.5 Å². The van der Waals surface area contributed by atoms with E-state index in [9.17, 15) is 0 Å². The fraction of sp³-hybridized carbons (Fsp3) is 0.333. The molecule has 1 aromatic carbocycles. The quantitative estimate of drug-likeness (QED) is 0.808. The molecule has 0 aliphatic carbocycles. The van der Waals surface area contributed by atoms with Gasteiger partial charge >= 0.3 is 0 Å². The molecule has 0 bridgehead atoms. The third kappa shape index (κ3) is 2.96. The van der Waals surface area contributed by atoms with E-state index in [-0.39, 0.29) is 6.04 Å². The van der Waals surface area contributed by atoms with E-state index >= 15 is 0 Å². The molecule has 0 amide bonds. The minimum Gasteiger partial charge on any atom is -0.307 e. The van der Waals surface area contributed by atoms with Crippen LogP contribution in [-0.2, 0) is 0 Å². The van der Waals surface area contributed by atoms with Crippen LogP contribution in [0.25, 0.3) is 0 Å². The zero-order valence-corrected chi connectivity index (χ0v) is 10.3. The fourth-order valence-electron chi connectivity index (χ4n) is 1.47. The molecule has 14 heavy (non-hydrogen) atoms. The van der Waals surface area contributed by atoms with Crippen LogP contribution in [0.15, 0.2) is 40.9 Å². The first-order valence-electron chi connectivity index (χ1n) is 4.79. The van der Waals surface area contributed by atoms with Gasteiger partial charge in [-0.15, -0.1) is 0 Å². The molecule has 0 saturated heterocycles. The van der Waals surface area contributed by atoms with E-state index in [0.29, 0.717) is 0 Å². The van der Waals surface area contributed by atoms with E-state index in [4.69, 9.17) is 0 Å². The van der Waals surface area contributed by atoms with Crippen LogP contribution in [0.2, 0.25) is 0 Å². The van der Waals surface area contributed by atoms with Gasteiger partial charge in [-0.1, -0.05) is 47.1 Å². The van der Waals surface area contributed by atoms with Crippen molar-refractivity contribution in [3.63, 3.8) is 0 Å². The van der Waals surface area contributed by atoms with Crippen LogP contribution in [0.5, 0.6) is 0 Å². The molecule has 0 fully saturated rings. The zero-order valence-electron chi connectivity index (χ0n) is 8.68. The minimum atomic E-state index is 0.262. The van der Waals surface area contributed by atoms with Crippen molar-refractivity contribution in [1.29, 1.82) is 0 Å². The molecule has 1 N–H and O–H groups in total. The van der Waals surface area contributed by atoms with E-state index in [0.717, 1.165) is 16.6 Å². The van der Waals surface area contributed by atoms with Crippen molar-refractivity contribution in [1.82, 2.24) is 5.32 Å². The Morgan fingerprint density at radius 3 is 2.79 bits per heavy atom. The van der Waals surface area contributed by atoms with Gasteiger partial charge in [0, 0.05) is 4.47 Å². The predicted molar refractivity (Wildman–Crippen MR) is 65.4 cm³/mol. The van der Waals surface area contributed by atoms with Crippen molar-refractivity contribution in [3.8, 4) is 0 Å². The molecule has 2 heteroatoms. The third-order valence-corrected chi connectivity index (χ3v) is 2.58. The molecule has 0 aromatic heterocycles. The number of hydrogen-bond acceptors (Lipinski definition) is 1. The number of benzene rings is 1. The predicted octanol–water partition coefficient (Wildman–Crippen LogP) is 3.68. The summed E-state index contributed by atoms with van der Waals surface area (Å²) in [6, 6.07) is 8.59. The summed E-state index contributed by atoms with van der Waals surface area (Å²) in [6.45, 7) is 9.11. The highest BCUT2D eigenvalue weighted by molar-refractivity contribution is 9.10. The Morgan fingerprint density at radius 1 is 1.57 bits per heavy atom. The Hall–Kier alpha value is -0.600. The van der Waals surface area contributed by atoms with E-state index in [1.165, 1.54) is 5.56 Å². The summed E-state index contributed by atoms with van der Waals surface area (Å²) in [7, 11) is 0. The maximum atomic E-state index is 4.00. The molecule has 0 radical (unpaired) electrons. The Balaban J connectivity index is 2.93. The second-order valence-corrected chi connectivity index (χ2v) is 4.31. The zero-order chi connectivity index (χ0) is 10.6. The van der Waals surface area contributed by atoms with E-state index in [1.54, 1.807) is 0 Å². The van der Waals surface area contributed by atoms with E-state index in [2.05, 4.69) is 46.9 Å². The van der Waals surface area contributed by atoms with Crippen molar-refractivity contribution in [2.24, 2.45) is 0 Å². The maximum Gasteiger partial charge on any atom is 0.0531 e. The van der Waals surface area contributed by atoms with Gasteiger partial charge in [-0.05, 0) is 31.2 Å². The van der Waals surface area contributed by atoms with Crippen LogP contribution in [0.3, 0.4) is 0 Å². The monoisotopic (exact) mass is 253 g/mol. The Labute approximate surface area is 94.3 Å². The number of hydrogen-bond donors (Lipinski definition) is 1. The van der Waals surface area contributed by atoms with E-state index in [1.807, 2.05) is 19.1 Å². The molecule has 1 atom stereocenters. The largest absolute Gasteiger partial charge is 0.307 e. The molecular weight excluding hydrogens is 238 g/mol. The van der Waals surface area contributed by atoms with Crippen molar-refractivity contribution in [2.45, 2.75) is 19.9 Å². The number of nitrogens with one attached hydrogen (secondary N) is 1. The summed E-state index contributed by atoms with van der Waals surface area (Å²) >= 11 is 3.47. The molecule has 76 valence electrons. The van der Waals surface area contributed by atoms with Crippen molar-refractivity contribution >= 4 is 15.9 Å². The van der Waals surface area contributed by atoms with Crippen molar-refractivity contribution < 1.29 is 0 Å². The first-order chi connectivity index (χ1) is 6.65. The average Bonchev–Trinajstić information content (AvgIpc) is 2.13. The van der Waals surface area contributed by atoms with Crippen LogP contribution in [0, 0.1) is 0 Å². The summed E-state index contributed by atoms with van der Waals surface area (Å²) in [4.78, 5) is 0. The SMILES string of the molecule is C=C(C)C(NCC)c1cccc(Br)c1. The molecule has 1 nitrogen and oxygen atoms in total. The molecule has 0 aliphatic rings. The number of halogens is 1. The molecule has 1 rings (SSSR count). The normalized spacial score (nSPS) is 12.5. The lowest BCUT2D eigenvalue weighted by atomic mass is 10.0. The van der Waals surface area contributed by atoms with Gasteiger partial charge in [-0.25, -0.2) is 0 Å². The van der Waals surface area contributed by atoms with Gasteiger partial charge in [0.25, 0.3) is 0 Å². The molecular formula is C12H16BrN. The average molecular weight is 254 g/mol. The van der Waals surface area contributed by atoms with Crippen molar-refractivity contribution in [3.05, 3.63) is 46.5 Å². The highest BCUT2D eigenvalue weighted by Gasteiger charge is 2.10. The van der Waals surface area contributed by atoms with Gasteiger partial charge in [-0.3, -0.25) is 0 Å². The molecule has 0 spiro atoms. The van der Waals surface area contributed by atoms with Gasteiger partial charge in [0.1, 0.15) is 0 Å². The fourth-order valence-corrected chi connectivity index (χ4v) is 1.88. The molecule has 1 aromatic rings. The third-order valence-electron chi connectivity index (χ3n) is 2.08. The summed E-state index contributed by atoms with van der Waals surface area (Å²) in [5.74, 6) is 0. The second-order valence-electron chi connectivity index (χ2n) is 3.39. The molecule has 0 heterocycles. The standard InChI is InChI=1S/C12H16BrN/c1-4-14-12(9(2)3)10-6-5-7-11(13)8-10/h5-8,12,14H,2,4H2,1,3H3. The first kappa shape index (κ1) is 11.5. The van der Waals surface area contributed by atoms with Gasteiger partial charge in [-0.2, -0.15) is 0 Å². The highest BCUT2D eigenvalue weighted by Crippen LogP contribution is 2.22. The highest BCUT2D eigenvalue weighted by atomic mass is 79.9. The lowest BCUT2D eigenvalue weighted by Crippen LogP contribution is -2.21. The summed E-state index contributed by atoms with van der Waals surface area (Å²) in [5, 5.41) is 3.41.